The molecule has 0 aliphatic carbocycles. The molecule has 2 rings (SSSR count). The maximum Gasteiger partial charge on any atom is 0.328 e. The number of benzene rings is 2. The van der Waals surface area contributed by atoms with Gasteiger partial charge in [-0.15, -0.1) is 0 Å². The first-order chi connectivity index (χ1) is 10.6. The second-order valence-corrected chi connectivity index (χ2v) is 4.45. The van der Waals surface area contributed by atoms with E-state index < -0.39 is 11.8 Å². The fraction of sp³-hybridized carbons (Fsp3) is 0.118. The molecule has 0 saturated carbocycles. The summed E-state index contributed by atoms with van der Waals surface area (Å²) >= 11 is 0. The molecular formula is C17H15FO4. The highest BCUT2D eigenvalue weighted by Gasteiger charge is 2.14. The van der Waals surface area contributed by atoms with Gasteiger partial charge in [0.2, 0.25) is 0 Å². The number of hydrogen-bond donors (Lipinski definition) is 1. The molecule has 0 unspecified atom stereocenters. The highest BCUT2D eigenvalue weighted by molar-refractivity contribution is 5.96. The lowest BCUT2D eigenvalue weighted by molar-refractivity contribution is -0.131. The molecule has 0 bridgehead atoms. The summed E-state index contributed by atoms with van der Waals surface area (Å²) in [5.74, 6) is -1.26. The van der Waals surface area contributed by atoms with Gasteiger partial charge in [-0.05, 0) is 29.3 Å². The molecule has 2 aromatic carbocycles. The molecule has 0 aliphatic heterocycles. The van der Waals surface area contributed by atoms with Crippen LogP contribution in [0.1, 0.15) is 11.1 Å². The van der Waals surface area contributed by atoms with E-state index in [0.29, 0.717) is 22.4 Å². The summed E-state index contributed by atoms with van der Waals surface area (Å²) < 4.78 is 23.9. The van der Waals surface area contributed by atoms with Gasteiger partial charge in [-0.1, -0.05) is 30.3 Å². The Balaban J connectivity index is 2.57. The second-order valence-electron chi connectivity index (χ2n) is 4.45. The Hall–Kier alpha value is -2.66. The van der Waals surface area contributed by atoms with Crippen molar-refractivity contribution in [3.63, 3.8) is 0 Å². The predicted octanol–water partition coefficient (Wildman–Crippen LogP) is 3.32. The number of halogens is 1. The first-order valence-electron chi connectivity index (χ1n) is 6.53. The Labute approximate surface area is 127 Å². The topological polar surface area (TPSA) is 55.8 Å². The third-order valence-corrected chi connectivity index (χ3v) is 2.92. The number of methoxy groups -OCH3 is 1. The van der Waals surface area contributed by atoms with Gasteiger partial charge in [0, 0.05) is 18.7 Å². The summed E-state index contributed by atoms with van der Waals surface area (Å²) in [6.45, 7) is -0.0201. The first-order valence-corrected chi connectivity index (χ1v) is 6.53. The van der Waals surface area contributed by atoms with Crippen molar-refractivity contribution in [2.45, 2.75) is 0 Å². The van der Waals surface area contributed by atoms with Gasteiger partial charge in [0.05, 0.1) is 0 Å². The van der Waals surface area contributed by atoms with Crippen LogP contribution in [-0.2, 0) is 9.53 Å². The summed E-state index contributed by atoms with van der Waals surface area (Å²) in [5, 5.41) is 9.11. The molecule has 0 aromatic heterocycles. The van der Waals surface area contributed by atoms with Gasteiger partial charge in [0.15, 0.2) is 6.79 Å². The van der Waals surface area contributed by atoms with E-state index in [9.17, 15) is 9.18 Å². The Morgan fingerprint density at radius 1 is 1.23 bits per heavy atom. The van der Waals surface area contributed by atoms with Crippen LogP contribution in [0.4, 0.5) is 4.39 Å². The van der Waals surface area contributed by atoms with E-state index in [1.807, 2.05) is 6.07 Å². The van der Waals surface area contributed by atoms with E-state index in [0.717, 1.165) is 6.08 Å². The van der Waals surface area contributed by atoms with Crippen molar-refractivity contribution in [2.24, 2.45) is 0 Å². The number of hydrogen-bond acceptors (Lipinski definition) is 3. The molecule has 0 radical (unpaired) electrons. The van der Waals surface area contributed by atoms with Gasteiger partial charge in [0.1, 0.15) is 11.6 Å². The van der Waals surface area contributed by atoms with Crippen LogP contribution in [0, 0.1) is 5.82 Å². The summed E-state index contributed by atoms with van der Waals surface area (Å²) in [7, 11) is 1.47. The zero-order valence-corrected chi connectivity index (χ0v) is 12.0. The second kappa shape index (κ2) is 7.38. The molecule has 0 amide bonds. The minimum absolute atomic E-state index is 0.0201. The third-order valence-electron chi connectivity index (χ3n) is 2.92. The first kappa shape index (κ1) is 15.7. The van der Waals surface area contributed by atoms with Crippen LogP contribution in [0.25, 0.3) is 5.57 Å². The summed E-state index contributed by atoms with van der Waals surface area (Å²) in [4.78, 5) is 11.1. The Morgan fingerprint density at radius 2 is 1.95 bits per heavy atom. The molecule has 0 spiro atoms. The predicted molar refractivity (Wildman–Crippen MR) is 80.1 cm³/mol. The smallest absolute Gasteiger partial charge is 0.328 e. The van der Waals surface area contributed by atoms with Crippen LogP contribution in [0.5, 0.6) is 5.75 Å². The van der Waals surface area contributed by atoms with Crippen LogP contribution in [0.3, 0.4) is 0 Å². The van der Waals surface area contributed by atoms with Crippen LogP contribution in [-0.4, -0.2) is 25.0 Å². The van der Waals surface area contributed by atoms with Crippen LogP contribution in [0.2, 0.25) is 0 Å². The molecule has 2 aromatic rings. The van der Waals surface area contributed by atoms with Crippen LogP contribution < -0.4 is 4.74 Å². The molecule has 5 heteroatoms. The molecule has 22 heavy (non-hydrogen) atoms. The fourth-order valence-electron chi connectivity index (χ4n) is 2.02. The van der Waals surface area contributed by atoms with E-state index in [1.165, 1.54) is 25.3 Å². The molecule has 4 nitrogen and oxygen atoms in total. The SMILES string of the molecule is COCOc1ccc(F)cc1/C(=C/C(=O)O)c1ccccc1. The minimum atomic E-state index is -1.12. The monoisotopic (exact) mass is 302 g/mol. The van der Waals surface area contributed by atoms with Crippen molar-refractivity contribution in [2.75, 3.05) is 13.9 Å². The number of carbonyl (C=O) groups is 1. The van der Waals surface area contributed by atoms with Crippen LogP contribution >= 0.6 is 0 Å². The summed E-state index contributed by atoms with van der Waals surface area (Å²) in [6.07, 6.45) is 1.03. The van der Waals surface area contributed by atoms with E-state index in [2.05, 4.69) is 0 Å². The zero-order chi connectivity index (χ0) is 15.9. The van der Waals surface area contributed by atoms with Gasteiger partial charge in [-0.3, -0.25) is 0 Å². The van der Waals surface area contributed by atoms with Crippen LogP contribution in [0.15, 0.2) is 54.6 Å². The lowest BCUT2D eigenvalue weighted by Gasteiger charge is -2.14. The van der Waals surface area contributed by atoms with Gasteiger partial charge in [-0.2, -0.15) is 0 Å². The lowest BCUT2D eigenvalue weighted by atomic mass is 9.96. The third kappa shape index (κ3) is 3.93. The molecular weight excluding hydrogens is 287 g/mol. The normalized spacial score (nSPS) is 11.3. The largest absolute Gasteiger partial charge is 0.478 e. The number of carboxylic acid groups (broad SMARTS) is 1. The maximum atomic E-state index is 13.6. The van der Waals surface area contributed by atoms with Gasteiger partial charge in [-0.25, -0.2) is 9.18 Å². The minimum Gasteiger partial charge on any atom is -0.478 e. The maximum absolute atomic E-state index is 13.6. The van der Waals surface area contributed by atoms with Crippen molar-refractivity contribution in [3.05, 3.63) is 71.6 Å². The number of carboxylic acids is 1. The zero-order valence-electron chi connectivity index (χ0n) is 12.0. The Kier molecular flexibility index (Phi) is 5.27. The molecule has 0 fully saturated rings. The van der Waals surface area contributed by atoms with Crippen molar-refractivity contribution in [1.29, 1.82) is 0 Å². The molecule has 0 saturated heterocycles. The number of aliphatic carboxylic acids is 1. The number of rotatable bonds is 6. The average Bonchev–Trinajstić information content (AvgIpc) is 2.52. The average molecular weight is 302 g/mol. The standard InChI is InChI=1S/C17H15FO4/c1-21-11-22-16-8-7-13(18)9-15(16)14(10-17(19)20)12-5-3-2-4-6-12/h2-10H,11H2,1H3,(H,19,20)/b14-10+. The van der Waals surface area contributed by atoms with Crippen molar-refractivity contribution >= 4 is 11.5 Å². The van der Waals surface area contributed by atoms with E-state index in [-0.39, 0.29) is 6.79 Å². The van der Waals surface area contributed by atoms with E-state index in [1.54, 1.807) is 24.3 Å². The molecule has 114 valence electrons. The molecule has 1 N–H and O–H groups in total. The van der Waals surface area contributed by atoms with E-state index >= 15 is 0 Å². The molecule has 0 heterocycles. The Morgan fingerprint density at radius 3 is 2.59 bits per heavy atom. The lowest BCUT2D eigenvalue weighted by Crippen LogP contribution is -2.03. The van der Waals surface area contributed by atoms with Crippen molar-refractivity contribution < 1.29 is 23.8 Å². The quantitative estimate of drug-likeness (QED) is 0.657. The highest BCUT2D eigenvalue weighted by Crippen LogP contribution is 2.32. The summed E-state index contributed by atoms with van der Waals surface area (Å²) in [5.41, 5.74) is 1.36. The van der Waals surface area contributed by atoms with Crippen molar-refractivity contribution in [3.8, 4) is 5.75 Å². The van der Waals surface area contributed by atoms with E-state index in [4.69, 9.17) is 14.6 Å². The van der Waals surface area contributed by atoms with Gasteiger partial charge in [0.25, 0.3) is 0 Å². The molecule has 0 aliphatic rings. The highest BCUT2D eigenvalue weighted by atomic mass is 19.1. The Bertz CT molecular complexity index is 680. The number of ether oxygens (including phenoxy) is 2. The molecule has 0 atom stereocenters. The van der Waals surface area contributed by atoms with Gasteiger partial charge >= 0.3 is 5.97 Å². The summed E-state index contributed by atoms with van der Waals surface area (Å²) in [6, 6.07) is 12.8. The van der Waals surface area contributed by atoms with Crippen molar-refractivity contribution in [1.82, 2.24) is 0 Å². The van der Waals surface area contributed by atoms with Gasteiger partial charge < -0.3 is 14.6 Å². The fourth-order valence-corrected chi connectivity index (χ4v) is 2.02.